The molecule has 0 radical (unpaired) electrons. The summed E-state index contributed by atoms with van der Waals surface area (Å²) in [6.07, 6.45) is 0. The van der Waals surface area contributed by atoms with Crippen molar-refractivity contribution in [1.29, 1.82) is 0 Å². The Bertz CT molecular complexity index is 784. The van der Waals surface area contributed by atoms with Crippen molar-refractivity contribution in [1.82, 2.24) is 9.88 Å². The lowest BCUT2D eigenvalue weighted by Gasteiger charge is -2.21. The molecule has 122 valence electrons. The number of aryl methyl sites for hydroxylation is 1. The lowest BCUT2D eigenvalue weighted by atomic mass is 9.98. The van der Waals surface area contributed by atoms with Crippen molar-refractivity contribution in [2.75, 3.05) is 0 Å². The molecule has 0 fully saturated rings. The first-order valence-electron chi connectivity index (χ1n) is 7.09. The molecule has 7 heteroatoms. The van der Waals surface area contributed by atoms with Gasteiger partial charge in [0.2, 0.25) is 0 Å². The molecule has 1 aromatic carbocycles. The number of nitrogens with zero attached hydrogens (tertiary/aromatic N) is 1. The zero-order chi connectivity index (χ0) is 17.1. The van der Waals surface area contributed by atoms with Crippen LogP contribution in [0, 0.1) is 6.92 Å². The number of aromatic hydroxyl groups is 1. The first-order chi connectivity index (χ1) is 10.8. The Morgan fingerprint density at radius 1 is 1.39 bits per heavy atom. The van der Waals surface area contributed by atoms with Crippen LogP contribution in [0.1, 0.15) is 29.8 Å². The molecule has 0 saturated carbocycles. The molecule has 1 atom stereocenters. The molecule has 6 nitrogen and oxygen atoms in total. The number of rotatable bonds is 4. The highest BCUT2D eigenvalue weighted by molar-refractivity contribution is 6.30. The second kappa shape index (κ2) is 6.75. The molecule has 0 aliphatic rings. The Balaban J connectivity index is 2.67. The molecular weight excluding hydrogens is 318 g/mol. The molecule has 2 rings (SSSR count). The van der Waals surface area contributed by atoms with Gasteiger partial charge < -0.3 is 20.7 Å². The lowest BCUT2D eigenvalue weighted by Crippen LogP contribution is -2.38. The van der Waals surface area contributed by atoms with Crippen molar-refractivity contribution in [3.63, 3.8) is 0 Å². The lowest BCUT2D eigenvalue weighted by molar-refractivity contribution is 0.246. The van der Waals surface area contributed by atoms with Gasteiger partial charge in [-0.1, -0.05) is 23.7 Å². The summed E-state index contributed by atoms with van der Waals surface area (Å²) in [5.41, 5.74) is 6.15. The molecule has 1 unspecified atom stereocenters. The van der Waals surface area contributed by atoms with Gasteiger partial charge in [-0.05, 0) is 37.6 Å². The molecule has 0 aliphatic carbocycles. The van der Waals surface area contributed by atoms with Crippen LogP contribution in [0.4, 0.5) is 4.79 Å². The summed E-state index contributed by atoms with van der Waals surface area (Å²) >= 11 is 5.87. The van der Waals surface area contributed by atoms with Crippen molar-refractivity contribution >= 4 is 17.6 Å². The maximum Gasteiger partial charge on any atom is 0.312 e. The van der Waals surface area contributed by atoms with Gasteiger partial charge in [-0.2, -0.15) is 0 Å². The summed E-state index contributed by atoms with van der Waals surface area (Å²) in [5, 5.41) is 13.3. The normalized spacial score (nSPS) is 12.0. The van der Waals surface area contributed by atoms with Gasteiger partial charge in [0.25, 0.3) is 5.56 Å². The van der Waals surface area contributed by atoms with Crippen LogP contribution in [0.5, 0.6) is 5.75 Å². The van der Waals surface area contributed by atoms with E-state index >= 15 is 0 Å². The molecule has 4 N–H and O–H groups in total. The number of halogens is 1. The minimum atomic E-state index is -0.865. The predicted octanol–water partition coefficient (Wildman–Crippen LogP) is 2.29. The van der Waals surface area contributed by atoms with Gasteiger partial charge >= 0.3 is 6.03 Å². The Kier molecular flexibility index (Phi) is 4.95. The van der Waals surface area contributed by atoms with E-state index in [1.807, 2.05) is 6.92 Å². The van der Waals surface area contributed by atoms with E-state index < -0.39 is 12.1 Å². The van der Waals surface area contributed by atoms with Crippen molar-refractivity contribution in [2.24, 2.45) is 5.73 Å². The summed E-state index contributed by atoms with van der Waals surface area (Å²) in [4.78, 5) is 24.1. The minimum absolute atomic E-state index is 0.0681. The van der Waals surface area contributed by atoms with Crippen LogP contribution >= 0.6 is 11.6 Å². The van der Waals surface area contributed by atoms with E-state index in [0.717, 1.165) is 0 Å². The number of amides is 2. The largest absolute Gasteiger partial charge is 0.507 e. The average molecular weight is 336 g/mol. The highest BCUT2D eigenvalue weighted by Gasteiger charge is 2.24. The van der Waals surface area contributed by atoms with Gasteiger partial charge in [0, 0.05) is 17.3 Å². The smallest absolute Gasteiger partial charge is 0.312 e. The number of hydrogen-bond donors (Lipinski definition) is 3. The number of urea groups is 1. The zero-order valence-electron chi connectivity index (χ0n) is 12.8. The summed E-state index contributed by atoms with van der Waals surface area (Å²) in [7, 11) is 0. The first kappa shape index (κ1) is 16.9. The minimum Gasteiger partial charge on any atom is -0.507 e. The zero-order valence-corrected chi connectivity index (χ0v) is 13.6. The van der Waals surface area contributed by atoms with Gasteiger partial charge in [-0.25, -0.2) is 4.79 Å². The topological polar surface area (TPSA) is 97.3 Å². The first-order valence-corrected chi connectivity index (χ1v) is 7.47. The number of benzene rings is 1. The van der Waals surface area contributed by atoms with Crippen LogP contribution in [0.2, 0.25) is 5.02 Å². The number of primary amides is 1. The Hall–Kier alpha value is -2.47. The van der Waals surface area contributed by atoms with Gasteiger partial charge in [-0.15, -0.1) is 0 Å². The number of pyridine rings is 1. The van der Waals surface area contributed by atoms with Gasteiger partial charge in [0.15, 0.2) is 0 Å². The Labute approximate surface area is 138 Å². The number of nitrogens with one attached hydrogen (secondary N) is 1. The van der Waals surface area contributed by atoms with Gasteiger partial charge in [0.05, 0.1) is 11.6 Å². The fourth-order valence-corrected chi connectivity index (χ4v) is 2.68. The number of carbonyl (C=O) groups is 1. The summed E-state index contributed by atoms with van der Waals surface area (Å²) in [5.74, 6) is -0.189. The Morgan fingerprint density at radius 2 is 2.00 bits per heavy atom. The maximum absolute atomic E-state index is 12.7. The number of aromatic nitrogens is 1. The molecule has 23 heavy (non-hydrogen) atoms. The summed E-state index contributed by atoms with van der Waals surface area (Å²) in [6, 6.07) is 6.43. The number of nitrogens with two attached hydrogens (primary N) is 1. The van der Waals surface area contributed by atoms with Crippen LogP contribution < -0.4 is 16.6 Å². The highest BCUT2D eigenvalue weighted by Crippen LogP contribution is 2.28. The monoisotopic (exact) mass is 335 g/mol. The van der Waals surface area contributed by atoms with E-state index in [4.69, 9.17) is 17.3 Å². The van der Waals surface area contributed by atoms with E-state index in [1.54, 1.807) is 31.2 Å². The number of hydrogen-bond acceptors (Lipinski definition) is 3. The van der Waals surface area contributed by atoms with Crippen molar-refractivity contribution in [2.45, 2.75) is 26.4 Å². The molecule has 1 heterocycles. The Morgan fingerprint density at radius 3 is 2.52 bits per heavy atom. The molecule has 0 saturated heterocycles. The molecule has 1 aromatic heterocycles. The highest BCUT2D eigenvalue weighted by atomic mass is 35.5. The molecule has 0 bridgehead atoms. The fourth-order valence-electron chi connectivity index (χ4n) is 2.55. The van der Waals surface area contributed by atoms with Crippen LogP contribution in [0.25, 0.3) is 0 Å². The maximum atomic E-state index is 12.7. The van der Waals surface area contributed by atoms with E-state index in [9.17, 15) is 14.7 Å². The van der Waals surface area contributed by atoms with E-state index in [1.165, 1.54) is 10.6 Å². The third-order valence-corrected chi connectivity index (χ3v) is 3.87. The summed E-state index contributed by atoms with van der Waals surface area (Å²) in [6.45, 7) is 4.00. The molecule has 0 spiro atoms. The molecule has 0 aliphatic heterocycles. The molecule has 2 aromatic rings. The van der Waals surface area contributed by atoms with Crippen LogP contribution in [0.3, 0.4) is 0 Å². The SMILES string of the molecule is CCn1c(C)cc(O)c(C(NC(N)=O)c2ccc(Cl)cc2)c1=O. The van der Waals surface area contributed by atoms with E-state index in [0.29, 0.717) is 22.8 Å². The van der Waals surface area contributed by atoms with Gasteiger partial charge in [-0.3, -0.25) is 4.79 Å². The third kappa shape index (κ3) is 3.48. The van der Waals surface area contributed by atoms with Crippen LogP contribution in [0.15, 0.2) is 35.1 Å². The quantitative estimate of drug-likeness (QED) is 0.799. The van der Waals surface area contributed by atoms with Crippen LogP contribution in [-0.2, 0) is 6.54 Å². The predicted molar refractivity (Wildman–Crippen MR) is 88.8 cm³/mol. The molecule has 2 amide bonds. The van der Waals surface area contributed by atoms with E-state index in [2.05, 4.69) is 5.32 Å². The fraction of sp³-hybridized carbons (Fsp3) is 0.250. The standard InChI is InChI=1S/C16H18ClN3O3/c1-3-20-9(2)8-12(21)13(15(20)22)14(19-16(18)23)10-4-6-11(17)7-5-10/h4-8,14,21H,3H2,1-2H3,(H3,18,19,23). The second-order valence-electron chi connectivity index (χ2n) is 5.13. The van der Waals surface area contributed by atoms with E-state index in [-0.39, 0.29) is 16.9 Å². The third-order valence-electron chi connectivity index (χ3n) is 3.62. The van der Waals surface area contributed by atoms with Crippen molar-refractivity contribution in [3.05, 3.63) is 62.5 Å². The molecular formula is C16H18ClN3O3. The second-order valence-corrected chi connectivity index (χ2v) is 5.56. The number of carbonyl (C=O) groups excluding carboxylic acids is 1. The van der Waals surface area contributed by atoms with Gasteiger partial charge in [0.1, 0.15) is 5.75 Å². The summed E-state index contributed by atoms with van der Waals surface area (Å²) < 4.78 is 1.51. The van der Waals surface area contributed by atoms with Crippen molar-refractivity contribution < 1.29 is 9.90 Å². The van der Waals surface area contributed by atoms with Crippen LogP contribution in [-0.4, -0.2) is 15.7 Å². The average Bonchev–Trinajstić information content (AvgIpc) is 2.46. The van der Waals surface area contributed by atoms with Crippen molar-refractivity contribution in [3.8, 4) is 5.75 Å².